The average molecular weight is 352 g/mol. The summed E-state index contributed by atoms with van der Waals surface area (Å²) in [5.41, 5.74) is 3.14. The van der Waals surface area contributed by atoms with Gasteiger partial charge in [0.15, 0.2) is 17.3 Å². The first kappa shape index (κ1) is 15.6. The van der Waals surface area contributed by atoms with Crippen LogP contribution >= 0.6 is 11.3 Å². The molecule has 2 heterocycles. The molecule has 0 fully saturated rings. The van der Waals surface area contributed by atoms with E-state index in [0.29, 0.717) is 17.3 Å². The van der Waals surface area contributed by atoms with Gasteiger partial charge in [-0.3, -0.25) is 0 Å². The Kier molecular flexibility index (Phi) is 3.85. The Bertz CT molecular complexity index is 1050. The maximum Gasteiger partial charge on any atom is 0.235 e. The summed E-state index contributed by atoms with van der Waals surface area (Å²) in [6.45, 7) is 2.07. The number of rotatable bonds is 4. The van der Waals surface area contributed by atoms with E-state index in [4.69, 9.17) is 14.6 Å². The minimum Gasteiger partial charge on any atom is -0.493 e. The lowest BCUT2D eigenvalue weighted by atomic mass is 10.1. The van der Waals surface area contributed by atoms with Gasteiger partial charge >= 0.3 is 0 Å². The summed E-state index contributed by atoms with van der Waals surface area (Å²) < 4.78 is 12.4. The number of benzene rings is 2. The quantitative estimate of drug-likeness (QED) is 0.558. The molecular formula is C18H16N4O2S. The summed E-state index contributed by atoms with van der Waals surface area (Å²) in [6.07, 6.45) is 0. The number of fused-ring (bicyclic) bond motifs is 1. The van der Waals surface area contributed by atoms with E-state index in [1.165, 1.54) is 16.9 Å². The first-order chi connectivity index (χ1) is 12.2. The highest BCUT2D eigenvalue weighted by Gasteiger charge is 2.16. The Labute approximate surface area is 148 Å². The molecule has 2 aromatic heterocycles. The van der Waals surface area contributed by atoms with Crippen molar-refractivity contribution in [2.24, 2.45) is 0 Å². The van der Waals surface area contributed by atoms with Gasteiger partial charge in [0.05, 0.1) is 14.2 Å². The van der Waals surface area contributed by atoms with Gasteiger partial charge in [0.2, 0.25) is 4.96 Å². The number of hydrogen-bond acceptors (Lipinski definition) is 6. The first-order valence-corrected chi connectivity index (χ1v) is 8.53. The number of hydrogen-bond donors (Lipinski definition) is 0. The van der Waals surface area contributed by atoms with Crippen molar-refractivity contribution >= 4 is 16.3 Å². The number of ether oxygens (including phenoxy) is 2. The van der Waals surface area contributed by atoms with Crippen LogP contribution in [0.5, 0.6) is 11.5 Å². The lowest BCUT2D eigenvalue weighted by molar-refractivity contribution is 0.355. The van der Waals surface area contributed by atoms with Gasteiger partial charge in [-0.15, -0.1) is 10.2 Å². The third kappa shape index (κ3) is 2.72. The van der Waals surface area contributed by atoms with Crippen LogP contribution in [0.4, 0.5) is 0 Å². The Morgan fingerprint density at radius 2 is 1.76 bits per heavy atom. The maximum atomic E-state index is 5.37. The zero-order valence-electron chi connectivity index (χ0n) is 14.1. The molecule has 2 aromatic carbocycles. The van der Waals surface area contributed by atoms with Crippen molar-refractivity contribution in [2.45, 2.75) is 6.92 Å². The highest BCUT2D eigenvalue weighted by atomic mass is 32.1. The van der Waals surface area contributed by atoms with E-state index >= 15 is 0 Å². The Balaban J connectivity index is 1.81. The minimum absolute atomic E-state index is 0.644. The smallest absolute Gasteiger partial charge is 0.235 e. The molecule has 0 saturated carbocycles. The normalized spacial score (nSPS) is 11.0. The molecule has 4 aromatic rings. The standard InChI is InChI=1S/C18H16N4O2S/c1-11-5-4-6-13(9-11)17-21-22-16(19-20-18(22)25-17)12-7-8-14(23-2)15(10-12)24-3/h4-10H,1-3H3. The minimum atomic E-state index is 0.644. The fourth-order valence-corrected chi connectivity index (χ4v) is 3.50. The molecule has 0 saturated heterocycles. The van der Waals surface area contributed by atoms with Crippen LogP contribution in [0.3, 0.4) is 0 Å². The first-order valence-electron chi connectivity index (χ1n) is 7.71. The van der Waals surface area contributed by atoms with Crippen LogP contribution < -0.4 is 9.47 Å². The lowest BCUT2D eigenvalue weighted by Gasteiger charge is -2.08. The molecule has 0 aliphatic rings. The Hall–Kier alpha value is -2.93. The molecule has 0 atom stereocenters. The molecule has 0 unspecified atom stereocenters. The summed E-state index contributed by atoms with van der Waals surface area (Å²) in [5, 5.41) is 14.1. The third-order valence-corrected chi connectivity index (χ3v) is 4.85. The van der Waals surface area contributed by atoms with E-state index in [9.17, 15) is 0 Å². The molecule has 4 rings (SSSR count). The van der Waals surface area contributed by atoms with Crippen molar-refractivity contribution in [2.75, 3.05) is 14.2 Å². The number of nitrogens with zero attached hydrogens (tertiary/aromatic N) is 4. The third-order valence-electron chi connectivity index (χ3n) is 3.90. The molecule has 0 radical (unpaired) electrons. The topological polar surface area (TPSA) is 61.5 Å². The lowest BCUT2D eigenvalue weighted by Crippen LogP contribution is -1.94. The predicted molar refractivity (Wildman–Crippen MR) is 97.4 cm³/mol. The number of aromatic nitrogens is 4. The summed E-state index contributed by atoms with van der Waals surface area (Å²) in [4.78, 5) is 0.751. The van der Waals surface area contributed by atoms with Crippen LogP contribution in [0, 0.1) is 6.92 Å². The highest BCUT2D eigenvalue weighted by Crippen LogP contribution is 2.33. The number of aryl methyl sites for hydroxylation is 1. The van der Waals surface area contributed by atoms with Crippen molar-refractivity contribution in [3.8, 4) is 33.5 Å². The van der Waals surface area contributed by atoms with Crippen molar-refractivity contribution in [3.63, 3.8) is 0 Å². The van der Waals surface area contributed by atoms with E-state index in [-0.39, 0.29) is 0 Å². The molecule has 0 bridgehead atoms. The van der Waals surface area contributed by atoms with Gasteiger partial charge in [0.1, 0.15) is 5.01 Å². The van der Waals surface area contributed by atoms with Crippen molar-refractivity contribution in [1.29, 1.82) is 0 Å². The highest BCUT2D eigenvalue weighted by molar-refractivity contribution is 7.19. The zero-order chi connectivity index (χ0) is 17.4. The van der Waals surface area contributed by atoms with Crippen LogP contribution in [0.1, 0.15) is 5.56 Å². The van der Waals surface area contributed by atoms with Crippen molar-refractivity contribution in [3.05, 3.63) is 48.0 Å². The molecule has 126 valence electrons. The van der Waals surface area contributed by atoms with Crippen molar-refractivity contribution < 1.29 is 9.47 Å². The SMILES string of the molecule is COc1ccc(-c2nnc3sc(-c4cccc(C)c4)nn23)cc1OC. The van der Waals surface area contributed by atoms with Crippen molar-refractivity contribution in [1.82, 2.24) is 19.8 Å². The van der Waals surface area contributed by atoms with Crippen LogP contribution in [-0.2, 0) is 0 Å². The summed E-state index contributed by atoms with van der Waals surface area (Å²) in [6, 6.07) is 13.9. The molecule has 0 N–H and O–H groups in total. The van der Waals surface area contributed by atoms with Gasteiger partial charge in [-0.2, -0.15) is 9.61 Å². The molecule has 0 aliphatic carbocycles. The zero-order valence-corrected chi connectivity index (χ0v) is 14.9. The fourth-order valence-electron chi connectivity index (χ4n) is 2.67. The van der Waals surface area contributed by atoms with E-state index in [0.717, 1.165) is 21.1 Å². The molecule has 6 nitrogen and oxygen atoms in total. The Morgan fingerprint density at radius 1 is 0.920 bits per heavy atom. The monoisotopic (exact) mass is 352 g/mol. The fraction of sp³-hybridized carbons (Fsp3) is 0.167. The molecule has 7 heteroatoms. The largest absolute Gasteiger partial charge is 0.493 e. The molecule has 0 aliphatic heterocycles. The van der Waals surface area contributed by atoms with E-state index < -0.39 is 0 Å². The van der Waals surface area contributed by atoms with Gasteiger partial charge < -0.3 is 9.47 Å². The number of methoxy groups -OCH3 is 2. The van der Waals surface area contributed by atoms with Gasteiger partial charge in [0, 0.05) is 11.1 Å². The molecular weight excluding hydrogens is 336 g/mol. The molecule has 0 amide bonds. The van der Waals surface area contributed by atoms with Gasteiger partial charge in [-0.05, 0) is 31.2 Å². The summed E-state index contributed by atoms with van der Waals surface area (Å²) in [7, 11) is 3.22. The second-order valence-corrected chi connectivity index (χ2v) is 6.52. The van der Waals surface area contributed by atoms with Crippen LogP contribution in [0.2, 0.25) is 0 Å². The average Bonchev–Trinajstić information content (AvgIpc) is 3.21. The predicted octanol–water partition coefficient (Wildman–Crippen LogP) is 3.85. The van der Waals surface area contributed by atoms with Crippen LogP contribution in [-0.4, -0.2) is 34.0 Å². The van der Waals surface area contributed by atoms with E-state index in [1.54, 1.807) is 18.7 Å². The van der Waals surface area contributed by atoms with Crippen LogP contribution in [0.25, 0.3) is 26.9 Å². The summed E-state index contributed by atoms with van der Waals surface area (Å²) >= 11 is 1.51. The second kappa shape index (κ2) is 6.18. The van der Waals surface area contributed by atoms with Gasteiger partial charge in [-0.1, -0.05) is 35.1 Å². The van der Waals surface area contributed by atoms with E-state index in [1.807, 2.05) is 24.3 Å². The Morgan fingerprint density at radius 3 is 2.52 bits per heavy atom. The molecule has 0 spiro atoms. The van der Waals surface area contributed by atoms with Crippen LogP contribution in [0.15, 0.2) is 42.5 Å². The summed E-state index contributed by atoms with van der Waals surface area (Å²) in [5.74, 6) is 1.99. The maximum absolute atomic E-state index is 5.37. The van der Waals surface area contributed by atoms with Gasteiger partial charge in [-0.25, -0.2) is 0 Å². The second-order valence-electron chi connectivity index (χ2n) is 5.56. The van der Waals surface area contributed by atoms with E-state index in [2.05, 4.69) is 35.3 Å². The molecule has 25 heavy (non-hydrogen) atoms. The van der Waals surface area contributed by atoms with Gasteiger partial charge in [0.25, 0.3) is 0 Å².